The molecule has 1 aliphatic rings. The molecule has 0 aromatic heterocycles. The number of nitrogens with one attached hydrogen (secondary N) is 1. The van der Waals surface area contributed by atoms with Crippen molar-refractivity contribution in [1.29, 1.82) is 0 Å². The first-order chi connectivity index (χ1) is 9.88. The van der Waals surface area contributed by atoms with Crippen molar-refractivity contribution in [2.45, 2.75) is 70.4 Å². The van der Waals surface area contributed by atoms with Gasteiger partial charge in [0.15, 0.2) is 0 Å². The molecule has 1 saturated carbocycles. The van der Waals surface area contributed by atoms with Gasteiger partial charge in [0.1, 0.15) is 0 Å². The van der Waals surface area contributed by atoms with E-state index in [0.29, 0.717) is 6.54 Å². The molecule has 1 fully saturated rings. The van der Waals surface area contributed by atoms with Gasteiger partial charge in [0.25, 0.3) is 0 Å². The number of aryl methyl sites for hydroxylation is 1. The molecule has 0 radical (unpaired) electrons. The van der Waals surface area contributed by atoms with E-state index in [1.54, 1.807) is 0 Å². The van der Waals surface area contributed by atoms with Crippen molar-refractivity contribution in [2.75, 3.05) is 6.54 Å². The van der Waals surface area contributed by atoms with Crippen LogP contribution in [0.25, 0.3) is 0 Å². The average molecular weight is 274 g/mol. The molecule has 0 saturated heterocycles. The Labute approximate surface area is 124 Å². The zero-order valence-corrected chi connectivity index (χ0v) is 12.7. The fraction of sp³-hybridized carbons (Fsp3) is 0.667. The molecule has 2 nitrogen and oxygen atoms in total. The van der Waals surface area contributed by atoms with Gasteiger partial charge < -0.3 is 11.1 Å². The molecule has 1 aromatic rings. The molecule has 0 bridgehead atoms. The smallest absolute Gasteiger partial charge is 0.0178 e. The number of hydrogen-bond donors (Lipinski definition) is 2. The van der Waals surface area contributed by atoms with Gasteiger partial charge in [-0.2, -0.15) is 0 Å². The van der Waals surface area contributed by atoms with Crippen molar-refractivity contribution in [1.82, 2.24) is 5.32 Å². The molecule has 2 heteroatoms. The summed E-state index contributed by atoms with van der Waals surface area (Å²) in [6, 6.07) is 9.57. The van der Waals surface area contributed by atoms with Gasteiger partial charge in [0.2, 0.25) is 0 Å². The van der Waals surface area contributed by atoms with E-state index in [1.165, 1.54) is 75.5 Å². The molecule has 2 rings (SSSR count). The van der Waals surface area contributed by atoms with E-state index in [0.717, 1.165) is 6.04 Å². The SMILES string of the molecule is NCc1ccc(CCCCCNC2CCCCC2)cc1. The summed E-state index contributed by atoms with van der Waals surface area (Å²) in [5, 5.41) is 3.72. The van der Waals surface area contributed by atoms with Crippen LogP contribution in [-0.4, -0.2) is 12.6 Å². The maximum atomic E-state index is 5.61. The summed E-state index contributed by atoms with van der Waals surface area (Å²) in [5.74, 6) is 0. The summed E-state index contributed by atoms with van der Waals surface area (Å²) in [4.78, 5) is 0. The highest BCUT2D eigenvalue weighted by molar-refractivity contribution is 5.22. The van der Waals surface area contributed by atoms with Gasteiger partial charge in [0.05, 0.1) is 0 Å². The van der Waals surface area contributed by atoms with E-state index in [9.17, 15) is 0 Å². The highest BCUT2D eigenvalue weighted by Gasteiger charge is 2.11. The Morgan fingerprint density at radius 3 is 2.30 bits per heavy atom. The molecule has 0 aliphatic heterocycles. The minimum absolute atomic E-state index is 0.646. The van der Waals surface area contributed by atoms with Crippen molar-refractivity contribution in [3.8, 4) is 0 Å². The predicted molar refractivity (Wildman–Crippen MR) is 86.8 cm³/mol. The highest BCUT2D eigenvalue weighted by Crippen LogP contribution is 2.17. The fourth-order valence-corrected chi connectivity index (χ4v) is 3.09. The molecule has 1 aromatic carbocycles. The van der Waals surface area contributed by atoms with E-state index < -0.39 is 0 Å². The minimum Gasteiger partial charge on any atom is -0.326 e. The van der Waals surface area contributed by atoms with E-state index in [2.05, 4.69) is 29.6 Å². The molecule has 0 amide bonds. The second-order valence-electron chi connectivity index (χ2n) is 6.12. The van der Waals surface area contributed by atoms with Crippen LogP contribution in [0, 0.1) is 0 Å². The minimum atomic E-state index is 0.646. The largest absolute Gasteiger partial charge is 0.326 e. The van der Waals surface area contributed by atoms with Crippen molar-refractivity contribution in [3.05, 3.63) is 35.4 Å². The third-order valence-electron chi connectivity index (χ3n) is 4.44. The summed E-state index contributed by atoms with van der Waals surface area (Å²) in [7, 11) is 0. The third-order valence-corrected chi connectivity index (χ3v) is 4.44. The Morgan fingerprint density at radius 1 is 0.900 bits per heavy atom. The quantitative estimate of drug-likeness (QED) is 0.708. The van der Waals surface area contributed by atoms with Crippen LogP contribution < -0.4 is 11.1 Å². The second kappa shape index (κ2) is 9.15. The highest BCUT2D eigenvalue weighted by atomic mass is 14.9. The van der Waals surface area contributed by atoms with E-state index in [1.807, 2.05) is 0 Å². The van der Waals surface area contributed by atoms with Crippen LogP contribution in [-0.2, 0) is 13.0 Å². The molecule has 0 unspecified atom stereocenters. The van der Waals surface area contributed by atoms with Crippen LogP contribution in [0.4, 0.5) is 0 Å². The van der Waals surface area contributed by atoms with E-state index >= 15 is 0 Å². The fourth-order valence-electron chi connectivity index (χ4n) is 3.09. The van der Waals surface area contributed by atoms with Crippen LogP contribution in [0.1, 0.15) is 62.5 Å². The Kier molecular flexibility index (Phi) is 7.10. The average Bonchev–Trinajstić information content (AvgIpc) is 2.52. The van der Waals surface area contributed by atoms with Crippen LogP contribution >= 0.6 is 0 Å². The lowest BCUT2D eigenvalue weighted by atomic mass is 9.95. The summed E-state index contributed by atoms with van der Waals surface area (Å²) >= 11 is 0. The van der Waals surface area contributed by atoms with Gasteiger partial charge in [-0.05, 0) is 49.8 Å². The van der Waals surface area contributed by atoms with Gasteiger partial charge in [0, 0.05) is 12.6 Å². The zero-order valence-electron chi connectivity index (χ0n) is 12.7. The van der Waals surface area contributed by atoms with Gasteiger partial charge >= 0.3 is 0 Å². The monoisotopic (exact) mass is 274 g/mol. The lowest BCUT2D eigenvalue weighted by Crippen LogP contribution is -2.31. The van der Waals surface area contributed by atoms with Gasteiger partial charge in [-0.1, -0.05) is 49.9 Å². The molecule has 0 spiro atoms. The van der Waals surface area contributed by atoms with Crippen molar-refractivity contribution >= 4 is 0 Å². The lowest BCUT2D eigenvalue weighted by molar-refractivity contribution is 0.370. The number of hydrogen-bond acceptors (Lipinski definition) is 2. The summed E-state index contributed by atoms with van der Waals surface area (Å²) in [6.07, 6.45) is 12.2. The van der Waals surface area contributed by atoms with Gasteiger partial charge in [-0.25, -0.2) is 0 Å². The number of nitrogens with two attached hydrogens (primary N) is 1. The van der Waals surface area contributed by atoms with Gasteiger partial charge in [-0.3, -0.25) is 0 Å². The number of rotatable bonds is 8. The first-order valence-corrected chi connectivity index (χ1v) is 8.40. The van der Waals surface area contributed by atoms with Crippen molar-refractivity contribution in [2.24, 2.45) is 5.73 Å². The van der Waals surface area contributed by atoms with Crippen molar-refractivity contribution < 1.29 is 0 Å². The maximum absolute atomic E-state index is 5.61. The third kappa shape index (κ3) is 5.64. The van der Waals surface area contributed by atoms with Crippen LogP contribution in [0.5, 0.6) is 0 Å². The molecular formula is C18H30N2. The first kappa shape index (κ1) is 15.5. The molecule has 0 heterocycles. The maximum Gasteiger partial charge on any atom is 0.0178 e. The molecular weight excluding hydrogens is 244 g/mol. The van der Waals surface area contributed by atoms with Crippen LogP contribution in [0.15, 0.2) is 24.3 Å². The Bertz CT molecular complexity index is 352. The topological polar surface area (TPSA) is 38.0 Å². The summed E-state index contributed by atoms with van der Waals surface area (Å²) in [6.45, 7) is 1.85. The second-order valence-corrected chi connectivity index (χ2v) is 6.12. The predicted octanol–water partition coefficient (Wildman–Crippen LogP) is 3.78. The molecule has 1 aliphatic carbocycles. The van der Waals surface area contributed by atoms with E-state index in [4.69, 9.17) is 5.73 Å². The zero-order chi connectivity index (χ0) is 14.0. The van der Waals surface area contributed by atoms with E-state index in [-0.39, 0.29) is 0 Å². The number of unbranched alkanes of at least 4 members (excludes halogenated alkanes) is 2. The standard InChI is InChI=1S/C18H30N2/c19-15-17-12-10-16(11-13-17)7-3-2-6-14-20-18-8-4-1-5-9-18/h10-13,18,20H,1-9,14-15,19H2. The van der Waals surface area contributed by atoms with Crippen LogP contribution in [0.2, 0.25) is 0 Å². The molecule has 112 valence electrons. The van der Waals surface area contributed by atoms with Gasteiger partial charge in [-0.15, -0.1) is 0 Å². The Hall–Kier alpha value is -0.860. The van der Waals surface area contributed by atoms with Crippen LogP contribution in [0.3, 0.4) is 0 Å². The first-order valence-electron chi connectivity index (χ1n) is 8.40. The molecule has 20 heavy (non-hydrogen) atoms. The summed E-state index contributed by atoms with van der Waals surface area (Å²) < 4.78 is 0. The molecule has 0 atom stereocenters. The number of benzene rings is 1. The van der Waals surface area contributed by atoms with Crippen molar-refractivity contribution in [3.63, 3.8) is 0 Å². The Balaban J connectivity index is 1.50. The lowest BCUT2D eigenvalue weighted by Gasteiger charge is -2.22. The Morgan fingerprint density at radius 2 is 1.60 bits per heavy atom. The normalized spacial score (nSPS) is 16.4. The summed E-state index contributed by atoms with van der Waals surface area (Å²) in [5.41, 5.74) is 8.28. The molecule has 3 N–H and O–H groups in total.